The number of nitrogens with zero attached hydrogens (tertiary/aromatic N) is 2. The van der Waals surface area contributed by atoms with Crippen LogP contribution in [0.25, 0.3) is 0 Å². The summed E-state index contributed by atoms with van der Waals surface area (Å²) < 4.78 is 0. The van der Waals surface area contributed by atoms with Gasteiger partial charge in [0.2, 0.25) is 0 Å². The minimum absolute atomic E-state index is 0.134. The largest absolute Gasteiger partial charge is 0.269 e. The van der Waals surface area contributed by atoms with Gasteiger partial charge in [-0.2, -0.15) is 0 Å². The molecule has 0 saturated heterocycles. The highest BCUT2D eigenvalue weighted by Gasteiger charge is 2.07. The molecule has 0 spiro atoms. The average Bonchev–Trinajstić information content (AvgIpc) is 2.77. The van der Waals surface area contributed by atoms with Crippen LogP contribution in [0.1, 0.15) is 22.4 Å². The second kappa shape index (κ2) is 5.05. The maximum absolute atomic E-state index is 10.6. The summed E-state index contributed by atoms with van der Waals surface area (Å²) in [5.74, 6) is 0. The van der Waals surface area contributed by atoms with Crippen molar-refractivity contribution in [3.05, 3.63) is 56.0 Å². The quantitative estimate of drug-likeness (QED) is 0.616. The first-order chi connectivity index (χ1) is 8.19. The monoisotopic (exact) mass is 248 g/mol. The lowest BCUT2D eigenvalue weighted by molar-refractivity contribution is -0.384. The first-order valence-electron chi connectivity index (χ1n) is 5.36. The zero-order valence-electron chi connectivity index (χ0n) is 9.42. The van der Waals surface area contributed by atoms with Crippen LogP contribution >= 0.6 is 11.3 Å². The number of hydrogen-bond donors (Lipinski definition) is 0. The molecule has 0 aliphatic heterocycles. The fourth-order valence-electron chi connectivity index (χ4n) is 1.55. The Morgan fingerprint density at radius 1 is 1.47 bits per heavy atom. The Morgan fingerprint density at radius 2 is 2.29 bits per heavy atom. The van der Waals surface area contributed by atoms with Gasteiger partial charge in [0.1, 0.15) is 0 Å². The Kier molecular flexibility index (Phi) is 3.49. The molecule has 1 aromatic carbocycles. The van der Waals surface area contributed by atoms with Gasteiger partial charge in [-0.25, -0.2) is 4.98 Å². The Bertz CT molecular complexity index is 537. The fourth-order valence-corrected chi connectivity index (χ4v) is 2.44. The van der Waals surface area contributed by atoms with Crippen LogP contribution in [-0.2, 0) is 12.8 Å². The summed E-state index contributed by atoms with van der Waals surface area (Å²) in [5, 5.41) is 11.7. The molecule has 0 unspecified atom stereocenters. The van der Waals surface area contributed by atoms with Crippen molar-refractivity contribution < 1.29 is 4.92 Å². The van der Waals surface area contributed by atoms with E-state index in [1.807, 2.05) is 12.3 Å². The third kappa shape index (κ3) is 2.88. The number of benzene rings is 1. The SMILES string of the molecule is CCc1cnc(Cc2cccc([N+](=O)[O-])c2)s1. The van der Waals surface area contributed by atoms with Crippen molar-refractivity contribution in [2.24, 2.45) is 0 Å². The molecule has 1 aromatic heterocycles. The fraction of sp³-hybridized carbons (Fsp3) is 0.250. The highest BCUT2D eigenvalue weighted by atomic mass is 32.1. The summed E-state index contributed by atoms with van der Waals surface area (Å²) >= 11 is 1.66. The molecule has 5 heteroatoms. The van der Waals surface area contributed by atoms with Gasteiger partial charge in [0.25, 0.3) is 5.69 Å². The minimum Gasteiger partial charge on any atom is -0.258 e. The topological polar surface area (TPSA) is 56.0 Å². The molecule has 4 nitrogen and oxygen atoms in total. The van der Waals surface area contributed by atoms with E-state index in [1.54, 1.807) is 23.5 Å². The van der Waals surface area contributed by atoms with E-state index in [9.17, 15) is 10.1 Å². The van der Waals surface area contributed by atoms with Gasteiger partial charge in [0.15, 0.2) is 0 Å². The smallest absolute Gasteiger partial charge is 0.258 e. The Hall–Kier alpha value is -1.75. The van der Waals surface area contributed by atoms with Crippen LogP contribution in [-0.4, -0.2) is 9.91 Å². The van der Waals surface area contributed by atoms with Gasteiger partial charge < -0.3 is 0 Å². The van der Waals surface area contributed by atoms with Crippen molar-refractivity contribution >= 4 is 17.0 Å². The number of rotatable bonds is 4. The van der Waals surface area contributed by atoms with Crippen molar-refractivity contribution in [1.29, 1.82) is 0 Å². The lowest BCUT2D eigenvalue weighted by atomic mass is 10.1. The molecule has 88 valence electrons. The zero-order valence-corrected chi connectivity index (χ0v) is 10.2. The van der Waals surface area contributed by atoms with Crippen LogP contribution in [0.5, 0.6) is 0 Å². The van der Waals surface area contributed by atoms with Crippen molar-refractivity contribution in [2.45, 2.75) is 19.8 Å². The number of nitro benzene ring substituents is 1. The first-order valence-corrected chi connectivity index (χ1v) is 6.17. The Labute approximate surface area is 103 Å². The van der Waals surface area contributed by atoms with E-state index in [0.29, 0.717) is 6.42 Å². The van der Waals surface area contributed by atoms with Crippen LogP contribution in [0.3, 0.4) is 0 Å². The third-order valence-corrected chi connectivity index (χ3v) is 3.57. The predicted molar refractivity (Wildman–Crippen MR) is 67.4 cm³/mol. The molecule has 0 aliphatic carbocycles. The molecular formula is C12H12N2O2S. The van der Waals surface area contributed by atoms with Gasteiger partial charge in [0.05, 0.1) is 9.93 Å². The lowest BCUT2D eigenvalue weighted by Gasteiger charge is -1.97. The summed E-state index contributed by atoms with van der Waals surface area (Å²) in [6, 6.07) is 6.71. The van der Waals surface area contributed by atoms with Crippen molar-refractivity contribution in [2.75, 3.05) is 0 Å². The molecule has 2 rings (SSSR count). The summed E-state index contributed by atoms with van der Waals surface area (Å²) in [6.45, 7) is 2.09. The van der Waals surface area contributed by atoms with Gasteiger partial charge >= 0.3 is 0 Å². The Balaban J connectivity index is 2.18. The molecule has 1 heterocycles. The highest BCUT2D eigenvalue weighted by Crippen LogP contribution is 2.20. The van der Waals surface area contributed by atoms with Crippen LogP contribution in [0, 0.1) is 10.1 Å². The number of non-ortho nitro benzene ring substituents is 1. The summed E-state index contributed by atoms with van der Waals surface area (Å²) in [4.78, 5) is 15.8. The summed E-state index contributed by atoms with van der Waals surface area (Å²) in [6.07, 6.45) is 3.51. The third-order valence-electron chi connectivity index (χ3n) is 2.43. The van der Waals surface area contributed by atoms with Crippen molar-refractivity contribution in [1.82, 2.24) is 4.98 Å². The molecular weight excluding hydrogens is 236 g/mol. The molecule has 0 radical (unpaired) electrons. The Morgan fingerprint density at radius 3 is 2.94 bits per heavy atom. The molecule has 0 fully saturated rings. The number of aromatic nitrogens is 1. The second-order valence-electron chi connectivity index (χ2n) is 3.68. The maximum Gasteiger partial charge on any atom is 0.269 e. The van der Waals surface area contributed by atoms with Crippen LogP contribution in [0.2, 0.25) is 0 Å². The molecule has 2 aromatic rings. The average molecular weight is 248 g/mol. The van der Waals surface area contributed by atoms with Gasteiger partial charge in [-0.05, 0) is 12.0 Å². The predicted octanol–water partition coefficient (Wildman–Crippen LogP) is 3.20. The zero-order chi connectivity index (χ0) is 12.3. The normalized spacial score (nSPS) is 10.4. The molecule has 0 saturated carbocycles. The van der Waals surface area contributed by atoms with E-state index in [2.05, 4.69) is 11.9 Å². The number of aryl methyl sites for hydroxylation is 1. The number of thiazole rings is 1. The second-order valence-corrected chi connectivity index (χ2v) is 4.88. The van der Waals surface area contributed by atoms with Gasteiger partial charge in [0, 0.05) is 29.6 Å². The molecule has 0 bridgehead atoms. The highest BCUT2D eigenvalue weighted by molar-refractivity contribution is 7.11. The van der Waals surface area contributed by atoms with E-state index in [0.717, 1.165) is 17.0 Å². The van der Waals surface area contributed by atoms with E-state index < -0.39 is 0 Å². The van der Waals surface area contributed by atoms with E-state index >= 15 is 0 Å². The van der Waals surface area contributed by atoms with Crippen LogP contribution in [0.4, 0.5) is 5.69 Å². The van der Waals surface area contributed by atoms with Crippen molar-refractivity contribution in [3.63, 3.8) is 0 Å². The van der Waals surface area contributed by atoms with E-state index in [4.69, 9.17) is 0 Å². The number of nitro groups is 1. The van der Waals surface area contributed by atoms with Crippen LogP contribution in [0.15, 0.2) is 30.5 Å². The standard InChI is InChI=1S/C12H12N2O2S/c1-2-11-8-13-12(17-11)7-9-4-3-5-10(6-9)14(15)16/h3-6,8H,2,7H2,1H3. The molecule has 17 heavy (non-hydrogen) atoms. The maximum atomic E-state index is 10.6. The molecule has 0 atom stereocenters. The summed E-state index contributed by atoms with van der Waals surface area (Å²) in [7, 11) is 0. The van der Waals surface area contributed by atoms with Gasteiger partial charge in [-0.1, -0.05) is 19.1 Å². The lowest BCUT2D eigenvalue weighted by Crippen LogP contribution is -1.91. The van der Waals surface area contributed by atoms with Crippen LogP contribution < -0.4 is 0 Å². The van der Waals surface area contributed by atoms with E-state index in [-0.39, 0.29) is 10.6 Å². The molecule has 0 N–H and O–H groups in total. The minimum atomic E-state index is -0.372. The first kappa shape index (κ1) is 11.7. The molecule has 0 amide bonds. The van der Waals surface area contributed by atoms with Gasteiger partial charge in [-0.15, -0.1) is 11.3 Å². The van der Waals surface area contributed by atoms with Crippen molar-refractivity contribution in [3.8, 4) is 0 Å². The van der Waals surface area contributed by atoms with Gasteiger partial charge in [-0.3, -0.25) is 10.1 Å². The number of hydrogen-bond acceptors (Lipinski definition) is 4. The van der Waals surface area contributed by atoms with E-state index in [1.165, 1.54) is 10.9 Å². The molecule has 0 aliphatic rings. The summed E-state index contributed by atoms with van der Waals surface area (Å²) in [5.41, 5.74) is 1.06.